The van der Waals surface area contributed by atoms with Crippen molar-refractivity contribution in [2.45, 2.75) is 90.3 Å². The van der Waals surface area contributed by atoms with Crippen LogP contribution in [0.25, 0.3) is 0 Å². The van der Waals surface area contributed by atoms with Gasteiger partial charge in [0.15, 0.2) is 0 Å². The summed E-state index contributed by atoms with van der Waals surface area (Å²) in [7, 11) is 0. The lowest BCUT2D eigenvalue weighted by atomic mass is 10.0. The van der Waals surface area contributed by atoms with Crippen LogP contribution in [0, 0.1) is 5.92 Å². The van der Waals surface area contributed by atoms with Crippen LogP contribution < -0.4 is 10.6 Å². The molecule has 9 nitrogen and oxygen atoms in total. The molecule has 1 aromatic carbocycles. The molecule has 2 heterocycles. The summed E-state index contributed by atoms with van der Waals surface area (Å²) >= 11 is 0. The lowest BCUT2D eigenvalue weighted by Crippen LogP contribution is -2.53. The molecule has 2 aliphatic heterocycles. The summed E-state index contributed by atoms with van der Waals surface area (Å²) in [6.07, 6.45) is 1.62. The molecule has 2 aliphatic rings. The van der Waals surface area contributed by atoms with Crippen molar-refractivity contribution in [2.24, 2.45) is 5.92 Å². The molecule has 2 saturated heterocycles. The summed E-state index contributed by atoms with van der Waals surface area (Å²) in [5.41, 5.74) is 0.219. The SMILES string of the molecule is CC(C)C[C@H](NC(=O)[C@@H]1N[C@H]1C(=O)OC(C)(C)C)C(=O)N1CCC[C@H]1C(=O)OCc1ccccc1. The average molecular weight is 488 g/mol. The van der Waals surface area contributed by atoms with Gasteiger partial charge in [-0.2, -0.15) is 0 Å². The number of esters is 2. The number of rotatable bonds is 9. The van der Waals surface area contributed by atoms with Crippen LogP contribution in [-0.4, -0.2) is 65.0 Å². The third-order valence-corrected chi connectivity index (χ3v) is 5.88. The molecule has 2 fully saturated rings. The van der Waals surface area contributed by atoms with Gasteiger partial charge in [0.1, 0.15) is 36.4 Å². The summed E-state index contributed by atoms with van der Waals surface area (Å²) in [5.74, 6) is -1.54. The number of carbonyl (C=O) groups excluding carboxylic acids is 4. The average Bonchev–Trinajstić information content (AvgIpc) is 3.45. The lowest BCUT2D eigenvalue weighted by Gasteiger charge is -2.29. The molecule has 0 spiro atoms. The first-order chi connectivity index (χ1) is 16.5. The zero-order valence-electron chi connectivity index (χ0n) is 21.2. The molecule has 0 bridgehead atoms. The van der Waals surface area contributed by atoms with E-state index in [1.807, 2.05) is 44.2 Å². The van der Waals surface area contributed by atoms with Crippen LogP contribution in [-0.2, 0) is 35.3 Å². The van der Waals surface area contributed by atoms with E-state index >= 15 is 0 Å². The van der Waals surface area contributed by atoms with Gasteiger partial charge >= 0.3 is 11.9 Å². The summed E-state index contributed by atoms with van der Waals surface area (Å²) in [5, 5.41) is 5.63. The van der Waals surface area contributed by atoms with E-state index in [-0.39, 0.29) is 18.4 Å². The molecule has 35 heavy (non-hydrogen) atoms. The Balaban J connectivity index is 1.60. The van der Waals surface area contributed by atoms with Crippen molar-refractivity contribution in [3.8, 4) is 0 Å². The highest BCUT2D eigenvalue weighted by Crippen LogP contribution is 2.23. The molecule has 2 N–H and O–H groups in total. The van der Waals surface area contributed by atoms with Crippen LogP contribution in [0.2, 0.25) is 0 Å². The lowest BCUT2D eigenvalue weighted by molar-refractivity contribution is -0.156. The molecule has 0 saturated carbocycles. The van der Waals surface area contributed by atoms with Crippen molar-refractivity contribution < 1.29 is 28.7 Å². The maximum Gasteiger partial charge on any atom is 0.329 e. The summed E-state index contributed by atoms with van der Waals surface area (Å²) in [6, 6.07) is 6.43. The topological polar surface area (TPSA) is 124 Å². The molecule has 2 amide bonds. The minimum absolute atomic E-state index is 0.129. The van der Waals surface area contributed by atoms with E-state index in [9.17, 15) is 19.2 Å². The Labute approximate surface area is 206 Å². The van der Waals surface area contributed by atoms with E-state index in [1.54, 1.807) is 20.8 Å². The minimum Gasteiger partial charge on any atom is -0.459 e. The number of hydrogen-bond acceptors (Lipinski definition) is 7. The predicted octanol–water partition coefficient (Wildman–Crippen LogP) is 1.93. The molecule has 1 aromatic rings. The van der Waals surface area contributed by atoms with Crippen LogP contribution in [0.15, 0.2) is 30.3 Å². The largest absolute Gasteiger partial charge is 0.459 e. The molecular weight excluding hydrogens is 450 g/mol. The van der Waals surface area contributed by atoms with Gasteiger partial charge < -0.3 is 19.7 Å². The summed E-state index contributed by atoms with van der Waals surface area (Å²) in [6.45, 7) is 9.77. The monoisotopic (exact) mass is 487 g/mol. The Kier molecular flexibility index (Phi) is 8.53. The predicted molar refractivity (Wildman–Crippen MR) is 129 cm³/mol. The van der Waals surface area contributed by atoms with Gasteiger partial charge in [-0.1, -0.05) is 44.2 Å². The second-order valence-electron chi connectivity index (χ2n) is 10.6. The van der Waals surface area contributed by atoms with Crippen molar-refractivity contribution in [3.05, 3.63) is 35.9 Å². The minimum atomic E-state index is -0.799. The van der Waals surface area contributed by atoms with Gasteiger partial charge in [-0.05, 0) is 51.5 Å². The highest BCUT2D eigenvalue weighted by atomic mass is 16.6. The van der Waals surface area contributed by atoms with Crippen LogP contribution in [0.4, 0.5) is 0 Å². The second kappa shape index (κ2) is 11.2. The molecular formula is C26H37N3O6. The summed E-state index contributed by atoms with van der Waals surface area (Å²) < 4.78 is 10.8. The molecule has 4 atom stereocenters. The first-order valence-electron chi connectivity index (χ1n) is 12.3. The van der Waals surface area contributed by atoms with Crippen molar-refractivity contribution in [1.82, 2.24) is 15.5 Å². The van der Waals surface area contributed by atoms with E-state index in [0.717, 1.165) is 5.56 Å². The molecule has 9 heteroatoms. The zero-order chi connectivity index (χ0) is 25.8. The maximum atomic E-state index is 13.4. The standard InChI is InChI=1S/C26H37N3O6/c1-16(2)14-18(27-22(30)20-21(28-20)25(33)35-26(3,4)5)23(31)29-13-9-12-19(29)24(32)34-15-17-10-7-6-8-11-17/h6-8,10-11,16,18-21,28H,9,12-15H2,1-5H3,(H,27,30)/t18-,19-,20+,21+/m0/s1. The van der Waals surface area contributed by atoms with Gasteiger partial charge in [0.25, 0.3) is 0 Å². The van der Waals surface area contributed by atoms with E-state index < -0.39 is 47.6 Å². The van der Waals surface area contributed by atoms with Crippen LogP contribution in [0.5, 0.6) is 0 Å². The fourth-order valence-corrected chi connectivity index (χ4v) is 4.19. The number of hydrogen-bond donors (Lipinski definition) is 2. The van der Waals surface area contributed by atoms with Crippen molar-refractivity contribution in [2.75, 3.05) is 6.54 Å². The highest BCUT2D eigenvalue weighted by Gasteiger charge is 2.50. The van der Waals surface area contributed by atoms with Crippen LogP contribution >= 0.6 is 0 Å². The molecule has 0 unspecified atom stereocenters. The third-order valence-electron chi connectivity index (χ3n) is 5.88. The second-order valence-corrected chi connectivity index (χ2v) is 10.6. The number of likely N-dealkylation sites (tertiary alicyclic amines) is 1. The van der Waals surface area contributed by atoms with Gasteiger partial charge in [-0.25, -0.2) is 4.79 Å². The van der Waals surface area contributed by atoms with Crippen molar-refractivity contribution in [1.29, 1.82) is 0 Å². The summed E-state index contributed by atoms with van der Waals surface area (Å²) in [4.78, 5) is 52.8. The number of benzene rings is 1. The Morgan fingerprint density at radius 3 is 2.40 bits per heavy atom. The maximum absolute atomic E-state index is 13.4. The zero-order valence-corrected chi connectivity index (χ0v) is 21.2. The Hall–Kier alpha value is -2.94. The van der Waals surface area contributed by atoms with Gasteiger partial charge in [-0.15, -0.1) is 0 Å². The number of carbonyl (C=O) groups is 4. The van der Waals surface area contributed by atoms with Gasteiger partial charge in [0, 0.05) is 6.54 Å². The van der Waals surface area contributed by atoms with Crippen molar-refractivity contribution in [3.63, 3.8) is 0 Å². The Morgan fingerprint density at radius 2 is 1.77 bits per heavy atom. The quantitative estimate of drug-likeness (QED) is 0.403. The smallest absolute Gasteiger partial charge is 0.329 e. The molecule has 0 radical (unpaired) electrons. The number of nitrogens with one attached hydrogen (secondary N) is 2. The Bertz CT molecular complexity index is 927. The van der Waals surface area contributed by atoms with Crippen LogP contribution in [0.1, 0.15) is 59.4 Å². The normalized spacial score (nSPS) is 22.5. The van der Waals surface area contributed by atoms with E-state index in [1.165, 1.54) is 4.90 Å². The first-order valence-corrected chi connectivity index (χ1v) is 12.3. The van der Waals surface area contributed by atoms with Gasteiger partial charge in [0.05, 0.1) is 0 Å². The fourth-order valence-electron chi connectivity index (χ4n) is 4.19. The highest BCUT2D eigenvalue weighted by molar-refractivity contribution is 5.98. The Morgan fingerprint density at radius 1 is 1.09 bits per heavy atom. The first kappa shape index (κ1) is 26.7. The van der Waals surface area contributed by atoms with E-state index in [4.69, 9.17) is 9.47 Å². The molecule has 0 aliphatic carbocycles. The van der Waals surface area contributed by atoms with E-state index in [0.29, 0.717) is 25.8 Å². The molecule has 3 rings (SSSR count). The van der Waals surface area contributed by atoms with E-state index in [2.05, 4.69) is 10.6 Å². The van der Waals surface area contributed by atoms with Gasteiger partial charge in [0.2, 0.25) is 11.8 Å². The fraction of sp³-hybridized carbons (Fsp3) is 0.615. The third kappa shape index (κ3) is 7.52. The molecule has 192 valence electrons. The van der Waals surface area contributed by atoms with Gasteiger partial charge in [-0.3, -0.25) is 19.7 Å². The molecule has 0 aromatic heterocycles. The van der Waals surface area contributed by atoms with Crippen LogP contribution in [0.3, 0.4) is 0 Å². The number of ether oxygens (including phenoxy) is 2. The van der Waals surface area contributed by atoms with Crippen molar-refractivity contribution >= 4 is 23.8 Å². The number of nitrogens with zero attached hydrogens (tertiary/aromatic N) is 1. The number of amides is 2.